The Morgan fingerprint density at radius 2 is 2.11 bits per heavy atom. The second-order valence-corrected chi connectivity index (χ2v) is 4.97. The molecule has 0 spiro atoms. The van der Waals surface area contributed by atoms with Crippen LogP contribution in [0.25, 0.3) is 0 Å². The minimum absolute atomic E-state index is 0.00917. The van der Waals surface area contributed by atoms with Crippen molar-refractivity contribution in [3.8, 4) is 5.75 Å². The number of nitrogens with one attached hydrogen (secondary N) is 1. The minimum atomic E-state index is -0.00917. The van der Waals surface area contributed by atoms with E-state index in [9.17, 15) is 4.79 Å². The maximum absolute atomic E-state index is 12.1. The standard InChI is InChI=1S/C15H22N2O2/c16-9-10-19-14-8-4-5-12(11-14)15(18)17-13-6-2-1-3-7-13/h4-5,8,11,13H,1-3,6-7,9-10,16H2,(H,17,18). The molecule has 1 aliphatic rings. The summed E-state index contributed by atoms with van der Waals surface area (Å²) in [6.45, 7) is 0.937. The molecule has 19 heavy (non-hydrogen) atoms. The molecule has 3 N–H and O–H groups in total. The lowest BCUT2D eigenvalue weighted by Gasteiger charge is -2.22. The molecule has 1 aromatic rings. The van der Waals surface area contributed by atoms with Gasteiger partial charge in [-0.25, -0.2) is 0 Å². The zero-order valence-corrected chi connectivity index (χ0v) is 11.2. The topological polar surface area (TPSA) is 64.3 Å². The maximum atomic E-state index is 12.1. The molecule has 0 bridgehead atoms. The lowest BCUT2D eigenvalue weighted by Crippen LogP contribution is -2.36. The fourth-order valence-corrected chi connectivity index (χ4v) is 2.42. The fourth-order valence-electron chi connectivity index (χ4n) is 2.42. The molecule has 1 fully saturated rings. The van der Waals surface area contributed by atoms with Crippen molar-refractivity contribution in [1.29, 1.82) is 0 Å². The largest absolute Gasteiger partial charge is 0.492 e. The molecule has 1 aromatic carbocycles. The molecule has 1 aliphatic carbocycles. The highest BCUT2D eigenvalue weighted by Gasteiger charge is 2.16. The highest BCUT2D eigenvalue weighted by atomic mass is 16.5. The molecule has 0 aliphatic heterocycles. The first-order chi connectivity index (χ1) is 9.29. The zero-order valence-electron chi connectivity index (χ0n) is 11.2. The van der Waals surface area contributed by atoms with Crippen molar-refractivity contribution >= 4 is 5.91 Å². The van der Waals surface area contributed by atoms with Gasteiger partial charge in [-0.15, -0.1) is 0 Å². The van der Waals surface area contributed by atoms with Crippen molar-refractivity contribution in [3.63, 3.8) is 0 Å². The Kier molecular flexibility index (Phi) is 5.21. The Balaban J connectivity index is 1.93. The molecule has 1 saturated carbocycles. The van der Waals surface area contributed by atoms with Gasteiger partial charge in [0.2, 0.25) is 0 Å². The van der Waals surface area contributed by atoms with Crippen molar-refractivity contribution in [3.05, 3.63) is 29.8 Å². The number of amides is 1. The summed E-state index contributed by atoms with van der Waals surface area (Å²) in [6, 6.07) is 7.59. The second kappa shape index (κ2) is 7.14. The van der Waals surface area contributed by atoms with E-state index in [1.54, 1.807) is 6.07 Å². The van der Waals surface area contributed by atoms with E-state index >= 15 is 0 Å². The van der Waals surface area contributed by atoms with Crippen molar-refractivity contribution in [2.75, 3.05) is 13.2 Å². The summed E-state index contributed by atoms with van der Waals surface area (Å²) in [7, 11) is 0. The van der Waals surface area contributed by atoms with Gasteiger partial charge in [-0.3, -0.25) is 4.79 Å². The molecule has 0 saturated heterocycles. The van der Waals surface area contributed by atoms with E-state index in [1.807, 2.05) is 18.2 Å². The van der Waals surface area contributed by atoms with Gasteiger partial charge in [0.25, 0.3) is 5.91 Å². The third-order valence-electron chi connectivity index (χ3n) is 3.42. The first kappa shape index (κ1) is 13.9. The number of hydrogen-bond acceptors (Lipinski definition) is 3. The van der Waals surface area contributed by atoms with Crippen molar-refractivity contribution in [2.45, 2.75) is 38.1 Å². The highest BCUT2D eigenvalue weighted by molar-refractivity contribution is 5.94. The Morgan fingerprint density at radius 3 is 2.84 bits per heavy atom. The van der Waals surface area contributed by atoms with Crippen LogP contribution in [-0.4, -0.2) is 25.1 Å². The lowest BCUT2D eigenvalue weighted by molar-refractivity contribution is 0.0927. The Hall–Kier alpha value is -1.55. The van der Waals surface area contributed by atoms with Gasteiger partial charge in [0.05, 0.1) is 0 Å². The SMILES string of the molecule is NCCOc1cccc(C(=O)NC2CCCCC2)c1. The molecule has 0 aromatic heterocycles. The minimum Gasteiger partial charge on any atom is -0.492 e. The molecule has 0 radical (unpaired) electrons. The third-order valence-corrected chi connectivity index (χ3v) is 3.42. The Bertz CT molecular complexity index is 414. The molecule has 104 valence electrons. The molecule has 2 rings (SSSR count). The summed E-state index contributed by atoms with van der Waals surface area (Å²) in [6.07, 6.45) is 5.90. The van der Waals surface area contributed by atoms with Crippen LogP contribution >= 0.6 is 0 Å². The predicted octanol–water partition coefficient (Wildman–Crippen LogP) is 2.09. The van der Waals surface area contributed by atoms with Gasteiger partial charge >= 0.3 is 0 Å². The predicted molar refractivity (Wildman–Crippen MR) is 75.3 cm³/mol. The molecule has 0 heterocycles. The molecular formula is C15H22N2O2. The first-order valence-electron chi connectivity index (χ1n) is 7.03. The summed E-state index contributed by atoms with van der Waals surface area (Å²) in [4.78, 5) is 12.1. The maximum Gasteiger partial charge on any atom is 0.251 e. The molecule has 1 amide bonds. The average molecular weight is 262 g/mol. The summed E-state index contributed by atoms with van der Waals surface area (Å²) >= 11 is 0. The first-order valence-corrected chi connectivity index (χ1v) is 7.03. The van der Waals surface area contributed by atoms with E-state index in [1.165, 1.54) is 19.3 Å². The van der Waals surface area contributed by atoms with Gasteiger partial charge < -0.3 is 15.8 Å². The van der Waals surface area contributed by atoms with Gasteiger partial charge in [-0.05, 0) is 31.0 Å². The molecule has 0 atom stereocenters. The monoisotopic (exact) mass is 262 g/mol. The summed E-state index contributed by atoms with van der Waals surface area (Å²) < 4.78 is 5.43. The molecular weight excluding hydrogens is 240 g/mol. The Morgan fingerprint density at radius 1 is 1.32 bits per heavy atom. The van der Waals surface area contributed by atoms with Gasteiger partial charge in [-0.2, -0.15) is 0 Å². The number of ether oxygens (including phenoxy) is 1. The molecule has 4 nitrogen and oxygen atoms in total. The van der Waals surface area contributed by atoms with E-state index in [4.69, 9.17) is 10.5 Å². The highest BCUT2D eigenvalue weighted by Crippen LogP contribution is 2.18. The third kappa shape index (κ3) is 4.24. The van der Waals surface area contributed by atoms with Gasteiger partial charge in [0.15, 0.2) is 0 Å². The van der Waals surface area contributed by atoms with Crippen molar-refractivity contribution < 1.29 is 9.53 Å². The van der Waals surface area contributed by atoms with E-state index < -0.39 is 0 Å². The van der Waals surface area contributed by atoms with Crippen LogP contribution < -0.4 is 15.8 Å². The van der Waals surface area contributed by atoms with Gasteiger partial charge in [-0.1, -0.05) is 25.3 Å². The lowest BCUT2D eigenvalue weighted by atomic mass is 9.95. The van der Waals surface area contributed by atoms with E-state index in [2.05, 4.69) is 5.32 Å². The van der Waals surface area contributed by atoms with Crippen LogP contribution in [0.3, 0.4) is 0 Å². The van der Waals surface area contributed by atoms with E-state index in [0.29, 0.717) is 30.5 Å². The number of nitrogens with two attached hydrogens (primary N) is 1. The fraction of sp³-hybridized carbons (Fsp3) is 0.533. The smallest absolute Gasteiger partial charge is 0.251 e. The van der Waals surface area contributed by atoms with Crippen LogP contribution in [0, 0.1) is 0 Å². The summed E-state index contributed by atoms with van der Waals surface area (Å²) in [5, 5.41) is 3.10. The van der Waals surface area contributed by atoms with Crippen molar-refractivity contribution in [2.24, 2.45) is 5.73 Å². The van der Waals surface area contributed by atoms with Crippen LogP contribution in [0.15, 0.2) is 24.3 Å². The summed E-state index contributed by atoms with van der Waals surface area (Å²) in [5.41, 5.74) is 6.05. The van der Waals surface area contributed by atoms with Gasteiger partial charge in [0.1, 0.15) is 12.4 Å². The average Bonchev–Trinajstić information content (AvgIpc) is 2.46. The summed E-state index contributed by atoms with van der Waals surface area (Å²) in [5.74, 6) is 0.687. The van der Waals surface area contributed by atoms with Crippen LogP contribution in [-0.2, 0) is 0 Å². The Labute approximate surface area is 114 Å². The quantitative estimate of drug-likeness (QED) is 0.854. The van der Waals surface area contributed by atoms with Crippen LogP contribution in [0.4, 0.5) is 0 Å². The van der Waals surface area contributed by atoms with Crippen molar-refractivity contribution in [1.82, 2.24) is 5.32 Å². The van der Waals surface area contributed by atoms with Crippen LogP contribution in [0.1, 0.15) is 42.5 Å². The van der Waals surface area contributed by atoms with E-state index in [0.717, 1.165) is 12.8 Å². The van der Waals surface area contributed by atoms with Gasteiger partial charge in [0, 0.05) is 18.2 Å². The van der Waals surface area contributed by atoms with Crippen LogP contribution in [0.5, 0.6) is 5.75 Å². The van der Waals surface area contributed by atoms with Crippen LogP contribution in [0.2, 0.25) is 0 Å². The molecule has 4 heteroatoms. The normalized spacial score (nSPS) is 16.1. The number of carbonyl (C=O) groups is 1. The number of benzene rings is 1. The number of rotatable bonds is 5. The number of hydrogen-bond donors (Lipinski definition) is 2. The number of carbonyl (C=O) groups excluding carboxylic acids is 1. The molecule has 0 unspecified atom stereocenters. The second-order valence-electron chi connectivity index (χ2n) is 4.97. The zero-order chi connectivity index (χ0) is 13.5. The van der Waals surface area contributed by atoms with E-state index in [-0.39, 0.29) is 5.91 Å².